The Balaban J connectivity index is 1.42. The summed E-state index contributed by atoms with van der Waals surface area (Å²) in [6.07, 6.45) is 6.14. The fourth-order valence-electron chi connectivity index (χ4n) is 4.09. The molecular weight excluding hydrogens is 444 g/mol. The third kappa shape index (κ3) is 9.25. The van der Waals surface area contributed by atoms with E-state index < -0.39 is 0 Å². The van der Waals surface area contributed by atoms with E-state index in [4.69, 9.17) is 9.47 Å². The zero-order valence-corrected chi connectivity index (χ0v) is 20.7. The summed E-state index contributed by atoms with van der Waals surface area (Å²) in [7, 11) is 0. The van der Waals surface area contributed by atoms with E-state index in [9.17, 15) is 14.7 Å². The highest BCUT2D eigenvalue weighted by atomic mass is 16.6. The molecule has 1 amide bonds. The first-order valence-corrected chi connectivity index (χ1v) is 12.8. The molecule has 7 nitrogen and oxygen atoms in total. The smallest absolute Gasteiger partial charge is 0.220 e. The van der Waals surface area contributed by atoms with Gasteiger partial charge >= 0.3 is 0 Å². The predicted octanol–water partition coefficient (Wildman–Crippen LogP) is 4.41. The van der Waals surface area contributed by atoms with Gasteiger partial charge in [0.1, 0.15) is 19.0 Å². The second-order valence-corrected chi connectivity index (χ2v) is 9.03. The number of aromatic hydroxyl groups is 1. The van der Waals surface area contributed by atoms with Crippen LogP contribution in [-0.4, -0.2) is 49.1 Å². The molecule has 0 saturated heterocycles. The SMILES string of the molecule is CCCCNCC(Cc1ccc2c(c1)OCCO2)NC(=O)CCCCCC(=O)c1ccc(O)cc1. The van der Waals surface area contributed by atoms with Crippen LogP contribution in [0.3, 0.4) is 0 Å². The molecule has 3 rings (SSSR count). The summed E-state index contributed by atoms with van der Waals surface area (Å²) < 4.78 is 11.3. The van der Waals surface area contributed by atoms with E-state index in [1.54, 1.807) is 12.1 Å². The van der Waals surface area contributed by atoms with Gasteiger partial charge in [-0.2, -0.15) is 0 Å². The average molecular weight is 483 g/mol. The summed E-state index contributed by atoms with van der Waals surface area (Å²) in [5.74, 6) is 1.78. The van der Waals surface area contributed by atoms with E-state index in [1.807, 2.05) is 18.2 Å². The van der Waals surface area contributed by atoms with Crippen LogP contribution in [-0.2, 0) is 11.2 Å². The maximum absolute atomic E-state index is 12.6. The summed E-state index contributed by atoms with van der Waals surface area (Å²) in [5, 5.41) is 16.0. The highest BCUT2D eigenvalue weighted by Gasteiger charge is 2.16. The third-order valence-electron chi connectivity index (χ3n) is 6.05. The first-order valence-electron chi connectivity index (χ1n) is 12.8. The lowest BCUT2D eigenvalue weighted by atomic mass is 10.0. The lowest BCUT2D eigenvalue weighted by Crippen LogP contribution is -2.43. The molecule has 35 heavy (non-hydrogen) atoms. The molecule has 1 atom stereocenters. The van der Waals surface area contributed by atoms with Crippen LogP contribution in [0.15, 0.2) is 42.5 Å². The average Bonchev–Trinajstić information content (AvgIpc) is 2.86. The maximum Gasteiger partial charge on any atom is 0.220 e. The molecule has 0 fully saturated rings. The molecule has 190 valence electrons. The van der Waals surface area contributed by atoms with Crippen LogP contribution < -0.4 is 20.1 Å². The van der Waals surface area contributed by atoms with E-state index in [-0.39, 0.29) is 23.5 Å². The normalized spacial score (nSPS) is 13.3. The van der Waals surface area contributed by atoms with Gasteiger partial charge in [-0.3, -0.25) is 9.59 Å². The summed E-state index contributed by atoms with van der Waals surface area (Å²) in [6.45, 7) is 4.92. The molecule has 0 spiro atoms. The van der Waals surface area contributed by atoms with Gasteiger partial charge in [0.2, 0.25) is 5.91 Å². The topological polar surface area (TPSA) is 96.9 Å². The van der Waals surface area contributed by atoms with Gasteiger partial charge in [-0.05, 0) is 74.2 Å². The monoisotopic (exact) mass is 482 g/mol. The molecule has 0 saturated carbocycles. The van der Waals surface area contributed by atoms with E-state index in [0.29, 0.717) is 44.6 Å². The van der Waals surface area contributed by atoms with Crippen LogP contribution in [0.5, 0.6) is 17.2 Å². The number of Topliss-reactive ketones (excluding diaryl/α,β-unsaturated/α-hetero) is 1. The molecule has 7 heteroatoms. The molecule has 1 heterocycles. The Bertz CT molecular complexity index is 945. The largest absolute Gasteiger partial charge is 0.508 e. The molecule has 3 N–H and O–H groups in total. The lowest BCUT2D eigenvalue weighted by molar-refractivity contribution is -0.121. The number of carbonyl (C=O) groups excluding carboxylic acids is 2. The van der Waals surface area contributed by atoms with Gasteiger partial charge in [-0.25, -0.2) is 0 Å². The van der Waals surface area contributed by atoms with Crippen molar-refractivity contribution in [3.63, 3.8) is 0 Å². The number of nitrogens with one attached hydrogen (secondary N) is 2. The van der Waals surface area contributed by atoms with E-state index in [2.05, 4.69) is 17.6 Å². The lowest BCUT2D eigenvalue weighted by Gasteiger charge is -2.22. The molecule has 1 aliphatic rings. The van der Waals surface area contributed by atoms with Crippen molar-refractivity contribution in [2.75, 3.05) is 26.3 Å². The number of phenolic OH excluding ortho intramolecular Hbond substituents is 1. The van der Waals surface area contributed by atoms with Crippen LogP contribution >= 0.6 is 0 Å². The van der Waals surface area contributed by atoms with Crippen LogP contribution in [0.1, 0.15) is 67.8 Å². The van der Waals surface area contributed by atoms with Gasteiger partial charge in [0.25, 0.3) is 0 Å². The number of ether oxygens (including phenoxy) is 2. The van der Waals surface area contributed by atoms with Crippen LogP contribution in [0, 0.1) is 0 Å². The molecule has 0 radical (unpaired) electrons. The number of benzene rings is 2. The number of amides is 1. The van der Waals surface area contributed by atoms with Crippen LogP contribution in [0.4, 0.5) is 0 Å². The number of phenols is 1. The highest BCUT2D eigenvalue weighted by Crippen LogP contribution is 2.31. The number of rotatable bonds is 15. The fraction of sp³-hybridized carbons (Fsp3) is 0.500. The summed E-state index contributed by atoms with van der Waals surface area (Å²) in [4.78, 5) is 24.9. The predicted molar refractivity (Wildman–Crippen MR) is 136 cm³/mol. The number of ketones is 1. The van der Waals surface area contributed by atoms with Crippen LogP contribution in [0.2, 0.25) is 0 Å². The first-order chi connectivity index (χ1) is 17.0. The van der Waals surface area contributed by atoms with Gasteiger partial charge in [0.15, 0.2) is 17.3 Å². The van der Waals surface area contributed by atoms with Crippen molar-refractivity contribution in [2.45, 2.75) is 64.3 Å². The number of carbonyl (C=O) groups is 2. The number of unbranched alkanes of at least 4 members (excludes halogenated alkanes) is 3. The van der Waals surface area contributed by atoms with Crippen molar-refractivity contribution in [3.05, 3.63) is 53.6 Å². The summed E-state index contributed by atoms with van der Waals surface area (Å²) in [5.41, 5.74) is 1.71. The Kier molecular flexibility index (Phi) is 10.9. The minimum absolute atomic E-state index is 0.0158. The quantitative estimate of drug-likeness (QED) is 0.257. The second-order valence-electron chi connectivity index (χ2n) is 9.03. The standard InChI is InChI=1S/C28H38N2O5/c1-2-3-15-29-20-23(18-21-9-14-26-27(19-21)35-17-16-34-26)30-28(33)8-6-4-5-7-25(32)22-10-12-24(31)13-11-22/h9-14,19,23,29,31H,2-8,15-18,20H2,1H3,(H,30,33). The van der Waals surface area contributed by atoms with Gasteiger partial charge in [-0.1, -0.05) is 25.8 Å². The van der Waals surface area contributed by atoms with Gasteiger partial charge in [0.05, 0.1) is 0 Å². The maximum atomic E-state index is 12.6. The summed E-state index contributed by atoms with van der Waals surface area (Å²) >= 11 is 0. The first kappa shape index (κ1) is 26.5. The van der Waals surface area contributed by atoms with E-state index >= 15 is 0 Å². The molecule has 2 aromatic carbocycles. The van der Waals surface area contributed by atoms with Crippen molar-refractivity contribution in [2.24, 2.45) is 0 Å². The van der Waals surface area contributed by atoms with Crippen molar-refractivity contribution in [3.8, 4) is 17.2 Å². The molecule has 0 aromatic heterocycles. The Morgan fingerprint density at radius 3 is 2.46 bits per heavy atom. The molecule has 1 unspecified atom stereocenters. The van der Waals surface area contributed by atoms with Crippen molar-refractivity contribution in [1.82, 2.24) is 10.6 Å². The molecular formula is C28H38N2O5. The Morgan fingerprint density at radius 2 is 1.69 bits per heavy atom. The third-order valence-corrected chi connectivity index (χ3v) is 6.05. The van der Waals surface area contributed by atoms with E-state index in [1.165, 1.54) is 12.1 Å². The molecule has 0 aliphatic carbocycles. The van der Waals surface area contributed by atoms with Gasteiger partial charge in [0, 0.05) is 31.0 Å². The van der Waals surface area contributed by atoms with Gasteiger partial charge < -0.3 is 25.2 Å². The van der Waals surface area contributed by atoms with E-state index in [0.717, 1.165) is 55.7 Å². The zero-order chi connectivity index (χ0) is 24.9. The van der Waals surface area contributed by atoms with Gasteiger partial charge in [-0.15, -0.1) is 0 Å². The Hall–Kier alpha value is -3.06. The van der Waals surface area contributed by atoms with Crippen LogP contribution in [0.25, 0.3) is 0 Å². The molecule has 2 aromatic rings. The summed E-state index contributed by atoms with van der Waals surface area (Å²) in [6, 6.07) is 12.3. The fourth-order valence-corrected chi connectivity index (χ4v) is 4.09. The molecule has 0 bridgehead atoms. The minimum Gasteiger partial charge on any atom is -0.508 e. The zero-order valence-electron chi connectivity index (χ0n) is 20.7. The second kappa shape index (κ2) is 14.4. The highest BCUT2D eigenvalue weighted by molar-refractivity contribution is 5.96. The van der Waals surface area contributed by atoms with Crippen molar-refractivity contribution in [1.29, 1.82) is 0 Å². The minimum atomic E-state index is -0.0158. The number of hydrogen-bond donors (Lipinski definition) is 3. The van der Waals surface area contributed by atoms with Crippen molar-refractivity contribution >= 4 is 11.7 Å². The number of fused-ring (bicyclic) bond motifs is 1. The molecule has 1 aliphatic heterocycles. The van der Waals surface area contributed by atoms with Crippen molar-refractivity contribution < 1.29 is 24.2 Å². The Morgan fingerprint density at radius 1 is 0.943 bits per heavy atom. The Labute approximate surface area is 208 Å². The number of hydrogen-bond acceptors (Lipinski definition) is 6.